The highest BCUT2D eigenvalue weighted by molar-refractivity contribution is 14.0. The Morgan fingerprint density at radius 3 is 2.48 bits per heavy atom. The number of benzene rings is 2. The van der Waals surface area contributed by atoms with Gasteiger partial charge < -0.3 is 25.0 Å². The Labute approximate surface area is 202 Å². The van der Waals surface area contributed by atoms with Crippen LogP contribution >= 0.6 is 24.0 Å². The first kappa shape index (κ1) is 26.5. The Hall–Kier alpha value is -2.49. The van der Waals surface area contributed by atoms with Gasteiger partial charge in [-0.2, -0.15) is 0 Å². The van der Waals surface area contributed by atoms with Gasteiger partial charge in [-0.15, -0.1) is 24.0 Å². The second-order valence-corrected chi connectivity index (χ2v) is 7.28. The number of carbonyl (C=O) groups is 1. The van der Waals surface area contributed by atoms with E-state index in [-0.39, 0.29) is 42.6 Å². The quantitative estimate of drug-likeness (QED) is 0.291. The number of ether oxygens (including phenoxy) is 2. The average Bonchev–Trinajstić information content (AvgIpc) is 2.72. The van der Waals surface area contributed by atoms with Gasteiger partial charge in [0.15, 0.2) is 12.6 Å². The maximum absolute atomic E-state index is 11.7. The minimum Gasteiger partial charge on any atom is -0.489 e. The van der Waals surface area contributed by atoms with E-state index >= 15 is 0 Å². The molecule has 0 aromatic heterocycles. The van der Waals surface area contributed by atoms with E-state index in [1.807, 2.05) is 62.4 Å². The first-order valence-corrected chi connectivity index (χ1v) is 9.97. The highest BCUT2D eigenvalue weighted by Gasteiger charge is 2.07. The molecule has 7 nitrogen and oxygen atoms in total. The molecule has 8 heteroatoms. The normalized spacial score (nSPS) is 11.7. The van der Waals surface area contributed by atoms with Crippen molar-refractivity contribution in [3.63, 3.8) is 0 Å². The number of carbonyl (C=O) groups excluding carboxylic acids is 1. The van der Waals surface area contributed by atoms with Gasteiger partial charge in [-0.05, 0) is 49.2 Å². The van der Waals surface area contributed by atoms with E-state index in [9.17, 15) is 4.79 Å². The molecule has 2 rings (SSSR count). The zero-order valence-electron chi connectivity index (χ0n) is 18.8. The van der Waals surface area contributed by atoms with Crippen LogP contribution in [0.15, 0.2) is 53.5 Å². The van der Waals surface area contributed by atoms with Crippen LogP contribution in [-0.4, -0.2) is 57.2 Å². The van der Waals surface area contributed by atoms with E-state index in [4.69, 9.17) is 9.47 Å². The van der Waals surface area contributed by atoms with Gasteiger partial charge in [0.05, 0.1) is 6.54 Å². The highest BCUT2D eigenvalue weighted by Crippen LogP contribution is 2.14. The summed E-state index contributed by atoms with van der Waals surface area (Å²) in [4.78, 5) is 17.4. The number of hydrogen-bond acceptors (Lipinski definition) is 4. The molecule has 2 aromatic carbocycles. The molecule has 2 aromatic rings. The molecule has 0 saturated heterocycles. The van der Waals surface area contributed by atoms with Gasteiger partial charge in [0, 0.05) is 27.7 Å². The summed E-state index contributed by atoms with van der Waals surface area (Å²) >= 11 is 0. The van der Waals surface area contributed by atoms with Crippen LogP contribution in [0, 0.1) is 6.92 Å². The number of rotatable bonds is 9. The number of guanidine groups is 1. The number of nitrogens with zero attached hydrogens (tertiary/aromatic N) is 2. The molecule has 0 heterocycles. The topological polar surface area (TPSA) is 75.2 Å². The third-order valence-electron chi connectivity index (χ3n) is 4.33. The van der Waals surface area contributed by atoms with Crippen LogP contribution in [0.1, 0.15) is 18.1 Å². The summed E-state index contributed by atoms with van der Waals surface area (Å²) in [5.41, 5.74) is 2.19. The predicted octanol–water partition coefficient (Wildman–Crippen LogP) is 3.21. The van der Waals surface area contributed by atoms with Crippen LogP contribution in [0.5, 0.6) is 11.5 Å². The molecule has 1 unspecified atom stereocenters. The van der Waals surface area contributed by atoms with Gasteiger partial charge in [-0.25, -0.2) is 0 Å². The lowest BCUT2D eigenvalue weighted by atomic mass is 10.2. The molecule has 31 heavy (non-hydrogen) atoms. The van der Waals surface area contributed by atoms with Crippen molar-refractivity contribution in [2.45, 2.75) is 26.5 Å². The molecule has 1 amide bonds. The third-order valence-corrected chi connectivity index (χ3v) is 4.33. The number of halogens is 1. The predicted molar refractivity (Wildman–Crippen MR) is 136 cm³/mol. The fourth-order valence-corrected chi connectivity index (χ4v) is 2.63. The maximum Gasteiger partial charge on any atom is 0.259 e. The number of aryl methyl sites for hydroxylation is 1. The molecule has 0 fully saturated rings. The lowest BCUT2D eigenvalue weighted by molar-refractivity contribution is -0.130. The van der Waals surface area contributed by atoms with E-state index < -0.39 is 0 Å². The van der Waals surface area contributed by atoms with E-state index in [0.29, 0.717) is 24.8 Å². The first-order valence-electron chi connectivity index (χ1n) is 9.97. The largest absolute Gasteiger partial charge is 0.489 e. The van der Waals surface area contributed by atoms with E-state index in [2.05, 4.69) is 15.6 Å². The van der Waals surface area contributed by atoms with Gasteiger partial charge in [-0.1, -0.05) is 24.3 Å². The molecule has 0 aliphatic heterocycles. The molecule has 0 radical (unpaired) electrons. The standard InChI is InChI=1S/C23H32N4O3.HI/c1-17-8-6-11-21(12-17)30-18(2)14-25-23(24-3)26-15-19-9-7-10-20(13-19)29-16-22(28)27(4)5;/h6-13,18H,14-16H2,1-5H3,(H2,24,25,26);1H. The van der Waals surface area contributed by atoms with Crippen LogP contribution in [0.4, 0.5) is 0 Å². The second kappa shape index (κ2) is 13.7. The zero-order valence-corrected chi connectivity index (χ0v) is 21.2. The Bertz CT molecular complexity index is 858. The fourth-order valence-electron chi connectivity index (χ4n) is 2.63. The first-order chi connectivity index (χ1) is 14.4. The average molecular weight is 540 g/mol. The van der Waals surface area contributed by atoms with Gasteiger partial charge in [0.1, 0.15) is 17.6 Å². The number of aliphatic imine (C=N–C) groups is 1. The zero-order chi connectivity index (χ0) is 21.9. The van der Waals surface area contributed by atoms with Crippen LogP contribution in [0.3, 0.4) is 0 Å². The molecular formula is C23H33IN4O3. The van der Waals surface area contributed by atoms with Gasteiger partial charge in [0.2, 0.25) is 0 Å². The Balaban J connectivity index is 0.00000480. The van der Waals surface area contributed by atoms with Gasteiger partial charge in [-0.3, -0.25) is 9.79 Å². The summed E-state index contributed by atoms with van der Waals surface area (Å²) < 4.78 is 11.5. The Morgan fingerprint density at radius 2 is 1.81 bits per heavy atom. The second-order valence-electron chi connectivity index (χ2n) is 7.28. The van der Waals surface area contributed by atoms with Crippen LogP contribution in [-0.2, 0) is 11.3 Å². The van der Waals surface area contributed by atoms with Crippen LogP contribution < -0.4 is 20.1 Å². The molecule has 0 bridgehead atoms. The Morgan fingerprint density at radius 1 is 1.10 bits per heavy atom. The van der Waals surface area contributed by atoms with Crippen molar-refractivity contribution in [3.8, 4) is 11.5 Å². The van der Waals surface area contributed by atoms with E-state index in [1.165, 1.54) is 10.5 Å². The summed E-state index contributed by atoms with van der Waals surface area (Å²) in [5.74, 6) is 2.12. The summed E-state index contributed by atoms with van der Waals surface area (Å²) in [5, 5.41) is 6.55. The van der Waals surface area contributed by atoms with Crippen molar-refractivity contribution >= 4 is 35.8 Å². The molecule has 0 aliphatic rings. The van der Waals surface area contributed by atoms with Crippen LogP contribution in [0.2, 0.25) is 0 Å². The molecule has 0 saturated carbocycles. The monoisotopic (exact) mass is 540 g/mol. The van der Waals surface area contributed by atoms with Crippen molar-refractivity contribution < 1.29 is 14.3 Å². The van der Waals surface area contributed by atoms with Crippen molar-refractivity contribution in [1.29, 1.82) is 0 Å². The van der Waals surface area contributed by atoms with Gasteiger partial charge in [0.25, 0.3) is 5.91 Å². The highest BCUT2D eigenvalue weighted by atomic mass is 127. The minimum absolute atomic E-state index is 0. The lowest BCUT2D eigenvalue weighted by Crippen LogP contribution is -2.41. The maximum atomic E-state index is 11.7. The summed E-state index contributed by atoms with van der Waals surface area (Å²) in [6.45, 7) is 5.26. The Kier molecular flexibility index (Phi) is 11.8. The molecular weight excluding hydrogens is 507 g/mol. The van der Waals surface area contributed by atoms with Crippen molar-refractivity contribution in [2.24, 2.45) is 4.99 Å². The summed E-state index contributed by atoms with van der Waals surface area (Å²) in [6, 6.07) is 15.6. The molecule has 0 spiro atoms. The SMILES string of the molecule is CN=C(NCc1cccc(OCC(=O)N(C)C)c1)NCC(C)Oc1cccc(C)c1.I. The lowest BCUT2D eigenvalue weighted by Gasteiger charge is -2.18. The number of likely N-dealkylation sites (N-methyl/N-ethyl adjacent to an activating group) is 1. The third kappa shape index (κ3) is 9.91. The smallest absolute Gasteiger partial charge is 0.259 e. The van der Waals surface area contributed by atoms with Gasteiger partial charge >= 0.3 is 0 Å². The molecule has 0 aliphatic carbocycles. The summed E-state index contributed by atoms with van der Waals surface area (Å²) in [7, 11) is 5.14. The molecule has 2 N–H and O–H groups in total. The molecule has 170 valence electrons. The van der Waals surface area contributed by atoms with E-state index in [1.54, 1.807) is 21.1 Å². The molecule has 1 atom stereocenters. The van der Waals surface area contributed by atoms with Crippen molar-refractivity contribution in [1.82, 2.24) is 15.5 Å². The number of hydrogen-bond donors (Lipinski definition) is 2. The van der Waals surface area contributed by atoms with Crippen molar-refractivity contribution in [2.75, 3.05) is 34.3 Å². The number of nitrogens with one attached hydrogen (secondary N) is 2. The van der Waals surface area contributed by atoms with Crippen molar-refractivity contribution in [3.05, 3.63) is 59.7 Å². The fraction of sp³-hybridized carbons (Fsp3) is 0.391. The number of amides is 1. The minimum atomic E-state index is -0.0786. The van der Waals surface area contributed by atoms with E-state index in [0.717, 1.165) is 11.3 Å². The van der Waals surface area contributed by atoms with Crippen LogP contribution in [0.25, 0.3) is 0 Å². The summed E-state index contributed by atoms with van der Waals surface area (Å²) in [6.07, 6.45) is -0.0173.